The van der Waals surface area contributed by atoms with Gasteiger partial charge in [0, 0.05) is 18.3 Å². The average molecular weight is 218 g/mol. The molecule has 0 aliphatic carbocycles. The number of aliphatic imine (C=N–C) groups is 1. The fourth-order valence-electron chi connectivity index (χ4n) is 1.89. The van der Waals surface area contributed by atoms with Gasteiger partial charge in [0.05, 0.1) is 0 Å². The molecule has 1 aliphatic heterocycles. The molecule has 86 valence electrons. The smallest absolute Gasteiger partial charge is 0.169 e. The number of rotatable bonds is 4. The zero-order valence-electron chi connectivity index (χ0n) is 9.84. The Bertz CT molecular complexity index is 348. The first-order valence-corrected chi connectivity index (χ1v) is 5.72. The lowest BCUT2D eigenvalue weighted by Crippen LogP contribution is -2.37. The lowest BCUT2D eigenvalue weighted by molar-refractivity contribution is 0.326. The van der Waals surface area contributed by atoms with Gasteiger partial charge in [-0.2, -0.15) is 0 Å². The first kappa shape index (κ1) is 11.0. The van der Waals surface area contributed by atoms with Gasteiger partial charge in [0.1, 0.15) is 12.6 Å². The molecule has 1 aromatic rings. The molecule has 0 N–H and O–H groups in total. The van der Waals surface area contributed by atoms with Gasteiger partial charge in [-0.3, -0.25) is 0 Å². The summed E-state index contributed by atoms with van der Waals surface area (Å²) in [4.78, 5) is 6.65. The molecule has 0 aromatic heterocycles. The highest BCUT2D eigenvalue weighted by molar-refractivity contribution is 5.51. The third-order valence-electron chi connectivity index (χ3n) is 2.75. The van der Waals surface area contributed by atoms with Crippen molar-refractivity contribution in [1.29, 1.82) is 0 Å². The highest BCUT2D eigenvalue weighted by atomic mass is 16.5. The van der Waals surface area contributed by atoms with E-state index in [0.717, 1.165) is 6.54 Å². The second-order valence-electron chi connectivity index (χ2n) is 4.32. The molecule has 0 radical (unpaired) electrons. The average Bonchev–Trinajstić information content (AvgIpc) is 2.79. The number of anilines is 1. The Hall–Kier alpha value is -1.51. The minimum atomic E-state index is 0.266. The highest BCUT2D eigenvalue weighted by Crippen LogP contribution is 2.18. The van der Waals surface area contributed by atoms with Crippen LogP contribution < -0.4 is 4.90 Å². The predicted molar refractivity (Wildman–Crippen MR) is 67.2 cm³/mol. The number of para-hydroxylation sites is 1. The molecular formula is C13H18N2O. The lowest BCUT2D eigenvalue weighted by atomic mass is 10.2. The van der Waals surface area contributed by atoms with Crippen LogP contribution in [0.25, 0.3) is 0 Å². The topological polar surface area (TPSA) is 24.8 Å². The fourth-order valence-corrected chi connectivity index (χ4v) is 1.89. The van der Waals surface area contributed by atoms with Crippen LogP contribution in [0.4, 0.5) is 5.69 Å². The van der Waals surface area contributed by atoms with E-state index in [4.69, 9.17) is 4.74 Å². The Labute approximate surface area is 96.7 Å². The summed E-state index contributed by atoms with van der Waals surface area (Å²) in [5, 5.41) is 0. The highest BCUT2D eigenvalue weighted by Gasteiger charge is 2.18. The van der Waals surface area contributed by atoms with E-state index in [-0.39, 0.29) is 6.04 Å². The van der Waals surface area contributed by atoms with Gasteiger partial charge >= 0.3 is 0 Å². The minimum absolute atomic E-state index is 0.266. The molecule has 1 atom stereocenters. The van der Waals surface area contributed by atoms with Gasteiger partial charge in [0.25, 0.3) is 0 Å². The number of nitrogens with zero attached hydrogens (tertiary/aromatic N) is 2. The number of hydrogen-bond acceptors (Lipinski definition) is 3. The molecule has 0 fully saturated rings. The van der Waals surface area contributed by atoms with Crippen molar-refractivity contribution in [3.63, 3.8) is 0 Å². The van der Waals surface area contributed by atoms with Gasteiger partial charge < -0.3 is 9.64 Å². The number of ether oxygens (including phenoxy) is 1. The van der Waals surface area contributed by atoms with E-state index < -0.39 is 0 Å². The van der Waals surface area contributed by atoms with Crippen molar-refractivity contribution >= 4 is 12.1 Å². The number of hydrogen-bond donors (Lipinski definition) is 0. The molecule has 0 saturated carbocycles. The Morgan fingerprint density at radius 1 is 1.38 bits per heavy atom. The summed E-state index contributed by atoms with van der Waals surface area (Å²) < 4.78 is 5.16. The van der Waals surface area contributed by atoms with Crippen molar-refractivity contribution in [1.82, 2.24) is 0 Å². The van der Waals surface area contributed by atoms with E-state index in [0.29, 0.717) is 12.6 Å². The second kappa shape index (κ2) is 5.01. The van der Waals surface area contributed by atoms with Crippen LogP contribution >= 0.6 is 0 Å². The molecule has 1 aromatic carbocycles. The Morgan fingerprint density at radius 3 is 2.69 bits per heavy atom. The first-order chi connectivity index (χ1) is 7.77. The third kappa shape index (κ3) is 2.54. The van der Waals surface area contributed by atoms with Crippen molar-refractivity contribution in [2.75, 3.05) is 18.1 Å². The van der Waals surface area contributed by atoms with Crippen LogP contribution in [0, 0.1) is 0 Å². The van der Waals surface area contributed by atoms with Gasteiger partial charge in [-0.15, -0.1) is 0 Å². The lowest BCUT2D eigenvalue weighted by Gasteiger charge is -2.30. The molecule has 1 heterocycles. The van der Waals surface area contributed by atoms with Crippen LogP contribution in [0.1, 0.15) is 13.8 Å². The molecule has 0 amide bonds. The van der Waals surface area contributed by atoms with Gasteiger partial charge in [-0.05, 0) is 26.0 Å². The second-order valence-corrected chi connectivity index (χ2v) is 4.32. The monoisotopic (exact) mass is 218 g/mol. The van der Waals surface area contributed by atoms with E-state index in [1.54, 1.807) is 6.40 Å². The molecule has 1 unspecified atom stereocenters. The van der Waals surface area contributed by atoms with Crippen LogP contribution in [0.2, 0.25) is 0 Å². The van der Waals surface area contributed by atoms with E-state index in [1.807, 2.05) is 6.07 Å². The zero-order chi connectivity index (χ0) is 11.4. The summed E-state index contributed by atoms with van der Waals surface area (Å²) in [6, 6.07) is 11.2. The summed E-state index contributed by atoms with van der Waals surface area (Å²) in [6.45, 7) is 6.02. The summed E-state index contributed by atoms with van der Waals surface area (Å²) in [5.41, 5.74) is 1.25. The van der Waals surface area contributed by atoms with Gasteiger partial charge in [0.2, 0.25) is 0 Å². The Balaban J connectivity index is 2.08. The summed E-state index contributed by atoms with van der Waals surface area (Å²) in [5.74, 6) is 0. The van der Waals surface area contributed by atoms with E-state index in [9.17, 15) is 0 Å². The third-order valence-corrected chi connectivity index (χ3v) is 2.75. The summed E-state index contributed by atoms with van der Waals surface area (Å²) in [6.07, 6.45) is 1.56. The summed E-state index contributed by atoms with van der Waals surface area (Å²) >= 11 is 0. The maximum Gasteiger partial charge on any atom is 0.169 e. The zero-order valence-corrected chi connectivity index (χ0v) is 9.84. The maximum absolute atomic E-state index is 5.16. The predicted octanol–water partition coefficient (Wildman–Crippen LogP) is 2.33. The van der Waals surface area contributed by atoms with Crippen LogP contribution in [0.15, 0.2) is 35.3 Å². The van der Waals surface area contributed by atoms with Crippen LogP contribution in [-0.2, 0) is 4.74 Å². The molecule has 0 bridgehead atoms. The fraction of sp³-hybridized carbons (Fsp3) is 0.462. The Kier molecular flexibility index (Phi) is 3.44. The molecule has 0 saturated heterocycles. The standard InChI is InChI=1S/C13H18N2O/c1-11(2)15(8-12-9-16-10-14-12)13-6-4-3-5-7-13/h3-7,10-12H,8-9H2,1-2H3. The van der Waals surface area contributed by atoms with Gasteiger partial charge in [0.15, 0.2) is 6.40 Å². The van der Waals surface area contributed by atoms with E-state index >= 15 is 0 Å². The number of benzene rings is 1. The van der Waals surface area contributed by atoms with Crippen LogP contribution in [0.3, 0.4) is 0 Å². The Morgan fingerprint density at radius 2 is 2.12 bits per heavy atom. The molecule has 3 nitrogen and oxygen atoms in total. The molecule has 1 aliphatic rings. The van der Waals surface area contributed by atoms with Gasteiger partial charge in [-0.1, -0.05) is 18.2 Å². The van der Waals surface area contributed by atoms with Crippen LogP contribution in [-0.4, -0.2) is 31.6 Å². The van der Waals surface area contributed by atoms with Crippen molar-refractivity contribution in [2.24, 2.45) is 4.99 Å². The quantitative estimate of drug-likeness (QED) is 0.774. The molecule has 0 spiro atoms. The normalized spacial score (nSPS) is 18.8. The molecule has 16 heavy (non-hydrogen) atoms. The largest absolute Gasteiger partial charge is 0.481 e. The minimum Gasteiger partial charge on any atom is -0.481 e. The van der Waals surface area contributed by atoms with Gasteiger partial charge in [-0.25, -0.2) is 4.99 Å². The SMILES string of the molecule is CC(C)N(CC1COC=N1)c1ccccc1. The van der Waals surface area contributed by atoms with Crippen molar-refractivity contribution in [3.05, 3.63) is 30.3 Å². The molecular weight excluding hydrogens is 200 g/mol. The maximum atomic E-state index is 5.16. The van der Waals surface area contributed by atoms with Crippen molar-refractivity contribution < 1.29 is 4.74 Å². The van der Waals surface area contributed by atoms with E-state index in [2.05, 4.69) is 48.0 Å². The molecule has 2 rings (SSSR count). The molecule has 3 heteroatoms. The van der Waals surface area contributed by atoms with Crippen molar-refractivity contribution in [2.45, 2.75) is 25.9 Å². The van der Waals surface area contributed by atoms with Crippen LogP contribution in [0.5, 0.6) is 0 Å². The van der Waals surface area contributed by atoms with Crippen molar-refractivity contribution in [3.8, 4) is 0 Å². The summed E-state index contributed by atoms with van der Waals surface area (Å²) in [7, 11) is 0. The first-order valence-electron chi connectivity index (χ1n) is 5.72. The van der Waals surface area contributed by atoms with E-state index in [1.165, 1.54) is 5.69 Å².